The van der Waals surface area contributed by atoms with Gasteiger partial charge in [-0.25, -0.2) is 4.98 Å². The Morgan fingerprint density at radius 1 is 1.15 bits per heavy atom. The molecule has 1 aromatic heterocycles. The highest BCUT2D eigenvalue weighted by molar-refractivity contribution is 5.94. The number of carbonyl (C=O) groups is 2. The number of anilines is 1. The summed E-state index contributed by atoms with van der Waals surface area (Å²) in [6.07, 6.45) is 5.33. The third-order valence-electron chi connectivity index (χ3n) is 5.29. The van der Waals surface area contributed by atoms with E-state index in [1.807, 2.05) is 24.0 Å². The fourth-order valence-electron chi connectivity index (χ4n) is 3.28. The van der Waals surface area contributed by atoms with E-state index in [-0.39, 0.29) is 17.9 Å². The van der Waals surface area contributed by atoms with E-state index in [9.17, 15) is 9.59 Å². The predicted molar refractivity (Wildman–Crippen MR) is 109 cm³/mol. The second-order valence-corrected chi connectivity index (χ2v) is 7.65. The lowest BCUT2D eigenvalue weighted by molar-refractivity contribution is -0.132. The SMILES string of the molecule is CCCC(C)NC(=O)c1ccc(N2CCN(C(=O)CC(C)CC)CC2)nc1. The van der Waals surface area contributed by atoms with Crippen LogP contribution in [0.3, 0.4) is 0 Å². The molecular formula is C21H34N4O2. The van der Waals surface area contributed by atoms with Crippen LogP contribution in [0.25, 0.3) is 0 Å². The average Bonchev–Trinajstić information content (AvgIpc) is 2.68. The Morgan fingerprint density at radius 3 is 2.41 bits per heavy atom. The first-order valence-electron chi connectivity index (χ1n) is 10.2. The van der Waals surface area contributed by atoms with Crippen LogP contribution in [0.4, 0.5) is 5.82 Å². The molecule has 2 unspecified atom stereocenters. The minimum atomic E-state index is -0.0736. The Bertz CT molecular complexity index is 609. The van der Waals surface area contributed by atoms with Crippen molar-refractivity contribution in [2.45, 2.75) is 59.4 Å². The van der Waals surface area contributed by atoms with Crippen molar-refractivity contribution in [2.75, 3.05) is 31.1 Å². The zero-order chi connectivity index (χ0) is 19.8. The summed E-state index contributed by atoms with van der Waals surface area (Å²) in [7, 11) is 0. The van der Waals surface area contributed by atoms with Gasteiger partial charge in [0.15, 0.2) is 0 Å². The van der Waals surface area contributed by atoms with E-state index in [1.54, 1.807) is 6.20 Å². The molecule has 2 rings (SSSR count). The molecule has 2 atom stereocenters. The maximum atomic E-state index is 12.3. The van der Waals surface area contributed by atoms with Gasteiger partial charge in [0.25, 0.3) is 5.91 Å². The van der Waals surface area contributed by atoms with Gasteiger partial charge in [0.1, 0.15) is 5.82 Å². The average molecular weight is 375 g/mol. The lowest BCUT2D eigenvalue weighted by Gasteiger charge is -2.35. The zero-order valence-electron chi connectivity index (χ0n) is 17.2. The second-order valence-electron chi connectivity index (χ2n) is 7.65. The van der Waals surface area contributed by atoms with Crippen molar-refractivity contribution in [2.24, 2.45) is 5.92 Å². The van der Waals surface area contributed by atoms with Crippen molar-refractivity contribution in [1.29, 1.82) is 0 Å². The number of aromatic nitrogens is 1. The Kier molecular flexibility index (Phi) is 8.07. The number of hydrogen-bond acceptors (Lipinski definition) is 4. The molecule has 0 saturated carbocycles. The largest absolute Gasteiger partial charge is 0.353 e. The summed E-state index contributed by atoms with van der Waals surface area (Å²) < 4.78 is 0. The van der Waals surface area contributed by atoms with Crippen molar-refractivity contribution >= 4 is 17.6 Å². The third kappa shape index (κ3) is 6.22. The maximum absolute atomic E-state index is 12.3. The Morgan fingerprint density at radius 2 is 1.85 bits per heavy atom. The van der Waals surface area contributed by atoms with Crippen LogP contribution in [0.5, 0.6) is 0 Å². The van der Waals surface area contributed by atoms with Gasteiger partial charge in [0.05, 0.1) is 5.56 Å². The monoisotopic (exact) mass is 374 g/mol. The molecule has 2 heterocycles. The predicted octanol–water partition coefficient (Wildman–Crippen LogP) is 3.08. The summed E-state index contributed by atoms with van der Waals surface area (Å²) in [6.45, 7) is 11.4. The van der Waals surface area contributed by atoms with E-state index >= 15 is 0 Å². The van der Waals surface area contributed by atoms with Gasteiger partial charge in [-0.1, -0.05) is 33.6 Å². The van der Waals surface area contributed by atoms with Crippen LogP contribution < -0.4 is 10.2 Å². The molecule has 1 aliphatic heterocycles. The smallest absolute Gasteiger partial charge is 0.253 e. The quantitative estimate of drug-likeness (QED) is 0.759. The molecule has 1 fully saturated rings. The third-order valence-corrected chi connectivity index (χ3v) is 5.29. The number of amides is 2. The molecule has 0 spiro atoms. The first-order valence-corrected chi connectivity index (χ1v) is 10.2. The van der Waals surface area contributed by atoms with Crippen LogP contribution in [0.1, 0.15) is 63.7 Å². The number of pyridine rings is 1. The number of rotatable bonds is 8. The van der Waals surface area contributed by atoms with E-state index in [1.165, 1.54) is 0 Å². The minimum Gasteiger partial charge on any atom is -0.353 e. The van der Waals surface area contributed by atoms with E-state index in [2.05, 4.69) is 36.0 Å². The van der Waals surface area contributed by atoms with Gasteiger partial charge in [0.2, 0.25) is 5.91 Å². The van der Waals surface area contributed by atoms with Gasteiger partial charge in [-0.15, -0.1) is 0 Å². The normalized spacial score (nSPS) is 16.7. The number of nitrogens with zero attached hydrogens (tertiary/aromatic N) is 3. The van der Waals surface area contributed by atoms with Crippen LogP contribution >= 0.6 is 0 Å². The van der Waals surface area contributed by atoms with Gasteiger partial charge in [0, 0.05) is 44.8 Å². The fourth-order valence-corrected chi connectivity index (χ4v) is 3.28. The van der Waals surface area contributed by atoms with E-state index in [0.29, 0.717) is 17.9 Å². The lowest BCUT2D eigenvalue weighted by Crippen LogP contribution is -2.49. The molecule has 6 heteroatoms. The van der Waals surface area contributed by atoms with E-state index in [0.717, 1.165) is 51.3 Å². The number of piperazine rings is 1. The summed E-state index contributed by atoms with van der Waals surface area (Å²) in [4.78, 5) is 33.2. The molecule has 0 aliphatic carbocycles. The minimum absolute atomic E-state index is 0.0736. The molecule has 6 nitrogen and oxygen atoms in total. The highest BCUT2D eigenvalue weighted by atomic mass is 16.2. The molecule has 0 radical (unpaired) electrons. The van der Waals surface area contributed by atoms with Crippen LogP contribution in [0.15, 0.2) is 18.3 Å². The van der Waals surface area contributed by atoms with Crippen LogP contribution in [-0.4, -0.2) is 53.9 Å². The number of nitrogens with one attached hydrogen (secondary N) is 1. The molecular weight excluding hydrogens is 340 g/mol. The standard InChI is InChI=1S/C21H34N4O2/c1-5-7-17(4)23-21(27)18-8-9-19(22-15-18)24-10-12-25(13-11-24)20(26)14-16(3)6-2/h8-9,15-17H,5-7,10-14H2,1-4H3,(H,23,27). The molecule has 1 saturated heterocycles. The van der Waals surface area contributed by atoms with Gasteiger partial charge in [-0.3, -0.25) is 9.59 Å². The molecule has 0 aromatic carbocycles. The molecule has 27 heavy (non-hydrogen) atoms. The summed E-state index contributed by atoms with van der Waals surface area (Å²) >= 11 is 0. The molecule has 150 valence electrons. The Balaban J connectivity index is 1.86. The summed E-state index contributed by atoms with van der Waals surface area (Å²) in [5.41, 5.74) is 0.587. The van der Waals surface area contributed by atoms with Crippen molar-refractivity contribution in [3.05, 3.63) is 23.9 Å². The van der Waals surface area contributed by atoms with Gasteiger partial charge in [-0.2, -0.15) is 0 Å². The maximum Gasteiger partial charge on any atom is 0.253 e. The number of carbonyl (C=O) groups excluding carboxylic acids is 2. The lowest BCUT2D eigenvalue weighted by atomic mass is 10.0. The highest BCUT2D eigenvalue weighted by Crippen LogP contribution is 2.16. The molecule has 1 aliphatic rings. The van der Waals surface area contributed by atoms with Crippen molar-refractivity contribution < 1.29 is 9.59 Å². The first kappa shape index (κ1) is 21.2. The van der Waals surface area contributed by atoms with Gasteiger partial charge in [-0.05, 0) is 31.4 Å². The van der Waals surface area contributed by atoms with Crippen molar-refractivity contribution in [3.63, 3.8) is 0 Å². The van der Waals surface area contributed by atoms with Crippen molar-refractivity contribution in [3.8, 4) is 0 Å². The van der Waals surface area contributed by atoms with Gasteiger partial charge < -0.3 is 15.1 Å². The first-order chi connectivity index (χ1) is 12.9. The second kappa shape index (κ2) is 10.3. The summed E-state index contributed by atoms with van der Waals surface area (Å²) in [5, 5.41) is 3.00. The molecule has 1 N–H and O–H groups in total. The highest BCUT2D eigenvalue weighted by Gasteiger charge is 2.23. The molecule has 0 bridgehead atoms. The van der Waals surface area contributed by atoms with Crippen LogP contribution in [-0.2, 0) is 4.79 Å². The van der Waals surface area contributed by atoms with Crippen LogP contribution in [0, 0.1) is 5.92 Å². The topological polar surface area (TPSA) is 65.5 Å². The fraction of sp³-hybridized carbons (Fsp3) is 0.667. The van der Waals surface area contributed by atoms with E-state index in [4.69, 9.17) is 0 Å². The summed E-state index contributed by atoms with van der Waals surface area (Å²) in [5.74, 6) is 1.48. The number of hydrogen-bond donors (Lipinski definition) is 1. The molecule has 1 aromatic rings. The van der Waals surface area contributed by atoms with E-state index < -0.39 is 0 Å². The zero-order valence-corrected chi connectivity index (χ0v) is 17.2. The Labute approximate surface area is 163 Å². The Hall–Kier alpha value is -2.11. The van der Waals surface area contributed by atoms with Gasteiger partial charge >= 0.3 is 0 Å². The summed E-state index contributed by atoms with van der Waals surface area (Å²) in [6, 6.07) is 3.90. The van der Waals surface area contributed by atoms with Crippen molar-refractivity contribution in [1.82, 2.24) is 15.2 Å². The van der Waals surface area contributed by atoms with Crippen LogP contribution in [0.2, 0.25) is 0 Å². The molecule has 2 amide bonds.